The summed E-state index contributed by atoms with van der Waals surface area (Å²) in [4.78, 5) is 12.9. The van der Waals surface area contributed by atoms with Crippen LogP contribution in [0, 0.1) is 5.92 Å². The van der Waals surface area contributed by atoms with Gasteiger partial charge in [-0.05, 0) is 7.05 Å². The van der Waals surface area contributed by atoms with E-state index in [0.29, 0.717) is 26.4 Å². The molecule has 7 nitrogen and oxygen atoms in total. The van der Waals surface area contributed by atoms with Gasteiger partial charge in [0.2, 0.25) is 0 Å². The first-order valence-electron chi connectivity index (χ1n) is 6.31. The van der Waals surface area contributed by atoms with E-state index in [1.165, 1.54) is 0 Å². The van der Waals surface area contributed by atoms with Gasteiger partial charge >= 0.3 is 5.97 Å². The molecule has 112 valence electrons. The van der Waals surface area contributed by atoms with Crippen LogP contribution >= 0.6 is 0 Å². The van der Waals surface area contributed by atoms with E-state index in [4.69, 9.17) is 19.3 Å². The van der Waals surface area contributed by atoms with E-state index in [2.05, 4.69) is 0 Å². The molecular formula is C12H23NO6. The van der Waals surface area contributed by atoms with Crippen LogP contribution in [0.15, 0.2) is 0 Å². The van der Waals surface area contributed by atoms with E-state index >= 15 is 0 Å². The van der Waals surface area contributed by atoms with Crippen LogP contribution in [0.1, 0.15) is 0 Å². The molecule has 0 amide bonds. The molecule has 0 bridgehead atoms. The first-order chi connectivity index (χ1) is 9.06. The minimum absolute atomic E-state index is 0.203. The number of ether oxygens (including phenoxy) is 3. The van der Waals surface area contributed by atoms with Crippen molar-refractivity contribution in [3.8, 4) is 0 Å². The minimum Gasteiger partial charge on any atom is -0.481 e. The second-order valence-electron chi connectivity index (χ2n) is 4.71. The molecule has 0 aromatic heterocycles. The lowest BCUT2D eigenvalue weighted by atomic mass is 10.0. The number of carbonyl (C=O) groups is 1. The van der Waals surface area contributed by atoms with Crippen LogP contribution in [0.3, 0.4) is 0 Å². The highest BCUT2D eigenvalue weighted by Gasteiger charge is 2.36. The fourth-order valence-electron chi connectivity index (χ4n) is 2.10. The quantitative estimate of drug-likeness (QED) is 0.525. The number of aliphatic hydroxyl groups excluding tert-OH is 1. The number of rotatable bonds is 9. The molecule has 3 unspecified atom stereocenters. The molecule has 0 aromatic rings. The van der Waals surface area contributed by atoms with E-state index < -0.39 is 18.0 Å². The predicted octanol–water partition coefficient (Wildman–Crippen LogP) is -0.958. The van der Waals surface area contributed by atoms with E-state index in [9.17, 15) is 9.90 Å². The summed E-state index contributed by atoms with van der Waals surface area (Å²) in [6.45, 7) is 2.08. The zero-order chi connectivity index (χ0) is 14.3. The Morgan fingerprint density at radius 2 is 2.21 bits per heavy atom. The number of carboxylic acid groups (broad SMARTS) is 1. The smallest absolute Gasteiger partial charge is 0.310 e. The third kappa shape index (κ3) is 5.42. The second kappa shape index (κ2) is 8.44. The molecule has 1 saturated heterocycles. The molecule has 1 heterocycles. The van der Waals surface area contributed by atoms with Crippen molar-refractivity contribution in [3.05, 3.63) is 0 Å². The average molecular weight is 277 g/mol. The predicted molar refractivity (Wildman–Crippen MR) is 67.1 cm³/mol. The molecule has 0 aliphatic carbocycles. The van der Waals surface area contributed by atoms with Gasteiger partial charge in [0.1, 0.15) is 0 Å². The highest BCUT2D eigenvalue weighted by molar-refractivity contribution is 5.71. The van der Waals surface area contributed by atoms with Crippen LogP contribution in [0.2, 0.25) is 0 Å². The van der Waals surface area contributed by atoms with E-state index in [0.717, 1.165) is 0 Å². The Kier molecular flexibility index (Phi) is 7.25. The molecule has 1 fully saturated rings. The van der Waals surface area contributed by atoms with Gasteiger partial charge in [0.25, 0.3) is 0 Å². The molecule has 0 radical (unpaired) electrons. The second-order valence-corrected chi connectivity index (χ2v) is 4.71. The van der Waals surface area contributed by atoms with Crippen LogP contribution in [0.25, 0.3) is 0 Å². The number of methoxy groups -OCH3 is 1. The lowest BCUT2D eigenvalue weighted by Crippen LogP contribution is -2.45. The monoisotopic (exact) mass is 277 g/mol. The SMILES string of the molecule is COCCOCC(O)CN(C)C1COCC1C(=O)O. The molecule has 2 N–H and O–H groups in total. The van der Waals surface area contributed by atoms with Crippen LogP contribution < -0.4 is 0 Å². The largest absolute Gasteiger partial charge is 0.481 e. The molecule has 1 aliphatic heterocycles. The van der Waals surface area contributed by atoms with Crippen molar-refractivity contribution in [2.45, 2.75) is 12.1 Å². The van der Waals surface area contributed by atoms with Gasteiger partial charge in [0, 0.05) is 19.7 Å². The molecule has 0 aromatic carbocycles. The summed E-state index contributed by atoms with van der Waals surface area (Å²) < 4.78 is 15.2. The van der Waals surface area contributed by atoms with Crippen LogP contribution in [0.4, 0.5) is 0 Å². The summed E-state index contributed by atoms with van der Waals surface area (Å²) in [6, 6.07) is -0.203. The minimum atomic E-state index is -0.861. The van der Waals surface area contributed by atoms with Crippen molar-refractivity contribution in [1.82, 2.24) is 4.90 Å². The Labute approximate surface area is 113 Å². The third-order valence-corrected chi connectivity index (χ3v) is 3.17. The van der Waals surface area contributed by atoms with Gasteiger partial charge in [-0.25, -0.2) is 0 Å². The molecular weight excluding hydrogens is 254 g/mol. The number of aliphatic carboxylic acids is 1. The summed E-state index contributed by atoms with van der Waals surface area (Å²) >= 11 is 0. The zero-order valence-electron chi connectivity index (χ0n) is 11.4. The van der Waals surface area contributed by atoms with Gasteiger partial charge in [-0.2, -0.15) is 0 Å². The molecule has 7 heteroatoms. The Morgan fingerprint density at radius 1 is 1.47 bits per heavy atom. The van der Waals surface area contributed by atoms with E-state index in [1.54, 1.807) is 14.2 Å². The molecule has 3 atom stereocenters. The maximum Gasteiger partial charge on any atom is 0.310 e. The maximum atomic E-state index is 11.0. The van der Waals surface area contributed by atoms with Crippen molar-refractivity contribution < 1.29 is 29.2 Å². The number of likely N-dealkylation sites (N-methyl/N-ethyl adjacent to an activating group) is 1. The summed E-state index contributed by atoms with van der Waals surface area (Å²) in [5, 5.41) is 18.9. The molecule has 1 aliphatic rings. The summed E-state index contributed by atoms with van der Waals surface area (Å²) in [5.41, 5.74) is 0. The normalized spacial score (nSPS) is 24.8. The summed E-state index contributed by atoms with van der Waals surface area (Å²) in [5.74, 6) is -1.40. The van der Waals surface area contributed by atoms with Crippen LogP contribution in [0.5, 0.6) is 0 Å². The maximum absolute atomic E-state index is 11.0. The number of hydrogen-bond acceptors (Lipinski definition) is 6. The Balaban J connectivity index is 2.29. The number of nitrogens with zero attached hydrogens (tertiary/aromatic N) is 1. The van der Waals surface area contributed by atoms with Crippen LogP contribution in [-0.4, -0.2) is 87.0 Å². The fourth-order valence-corrected chi connectivity index (χ4v) is 2.10. The van der Waals surface area contributed by atoms with Gasteiger partial charge in [-0.1, -0.05) is 0 Å². The first-order valence-corrected chi connectivity index (χ1v) is 6.31. The number of aliphatic hydroxyl groups is 1. The fraction of sp³-hybridized carbons (Fsp3) is 0.917. The van der Waals surface area contributed by atoms with Crippen molar-refractivity contribution in [2.75, 3.05) is 53.7 Å². The Bertz CT molecular complexity index is 275. The lowest BCUT2D eigenvalue weighted by molar-refractivity contribution is -0.143. The standard InChI is InChI=1S/C12H23NO6/c1-13(5-9(14)6-18-4-3-17-2)11-8-19-7-10(11)12(15)16/h9-11,14H,3-8H2,1-2H3,(H,15,16). The highest BCUT2D eigenvalue weighted by atomic mass is 16.5. The van der Waals surface area contributed by atoms with Gasteiger partial charge in [-0.15, -0.1) is 0 Å². The number of hydrogen-bond donors (Lipinski definition) is 2. The third-order valence-electron chi connectivity index (χ3n) is 3.17. The molecule has 0 saturated carbocycles. The van der Waals surface area contributed by atoms with Gasteiger partial charge < -0.3 is 24.4 Å². The summed E-state index contributed by atoms with van der Waals surface area (Å²) in [7, 11) is 3.37. The van der Waals surface area contributed by atoms with Gasteiger partial charge in [-0.3, -0.25) is 9.69 Å². The Hall–Kier alpha value is -0.730. The summed E-state index contributed by atoms with van der Waals surface area (Å²) in [6.07, 6.45) is -0.656. The number of carboxylic acids is 1. The van der Waals surface area contributed by atoms with Crippen molar-refractivity contribution in [1.29, 1.82) is 0 Å². The zero-order valence-corrected chi connectivity index (χ0v) is 11.4. The van der Waals surface area contributed by atoms with Crippen LogP contribution in [-0.2, 0) is 19.0 Å². The van der Waals surface area contributed by atoms with E-state index in [-0.39, 0.29) is 19.3 Å². The van der Waals surface area contributed by atoms with Crippen molar-refractivity contribution >= 4 is 5.97 Å². The van der Waals surface area contributed by atoms with Crippen molar-refractivity contribution in [2.24, 2.45) is 5.92 Å². The first kappa shape index (κ1) is 16.3. The van der Waals surface area contributed by atoms with Crippen molar-refractivity contribution in [3.63, 3.8) is 0 Å². The Morgan fingerprint density at radius 3 is 2.84 bits per heavy atom. The average Bonchev–Trinajstić information content (AvgIpc) is 2.84. The van der Waals surface area contributed by atoms with Gasteiger partial charge in [0.15, 0.2) is 0 Å². The molecule has 0 spiro atoms. The molecule has 1 rings (SSSR count). The molecule has 19 heavy (non-hydrogen) atoms. The highest BCUT2D eigenvalue weighted by Crippen LogP contribution is 2.19. The van der Waals surface area contributed by atoms with E-state index in [1.807, 2.05) is 4.90 Å². The van der Waals surface area contributed by atoms with Gasteiger partial charge in [0.05, 0.1) is 45.1 Å². The topological polar surface area (TPSA) is 88.5 Å². The lowest BCUT2D eigenvalue weighted by Gasteiger charge is -2.28.